The Kier molecular flexibility index (Phi) is 5.93. The minimum absolute atomic E-state index is 0.127. The van der Waals surface area contributed by atoms with Gasteiger partial charge >= 0.3 is 0 Å². The number of carbonyl (C=O) groups excluding carboxylic acids is 1. The van der Waals surface area contributed by atoms with Crippen LogP contribution >= 0.6 is 0 Å². The number of Topliss-reactive ketones (excluding diaryl/α,β-unsaturated/α-hetero) is 1. The molecule has 0 unspecified atom stereocenters. The number of hydrogen-bond donors (Lipinski definition) is 0. The summed E-state index contributed by atoms with van der Waals surface area (Å²) in [6.45, 7) is 0.912. The monoisotopic (exact) mass is 351 g/mol. The maximum Gasteiger partial charge on any atom is 0.169 e. The van der Waals surface area contributed by atoms with Crippen LogP contribution in [0.25, 0.3) is 0 Å². The molecule has 3 aromatic rings. The molecule has 0 aliphatic carbocycles. The fourth-order valence-corrected chi connectivity index (χ4v) is 2.39. The molecule has 0 spiro atoms. The molecule has 0 radical (unpaired) electrons. The van der Waals surface area contributed by atoms with Crippen LogP contribution in [0, 0.1) is 5.82 Å². The maximum atomic E-state index is 11.9. The minimum Gasteiger partial charge on any atom is -0.492 e. The molecule has 0 saturated carbocycles. The lowest BCUT2D eigenvalue weighted by Gasteiger charge is -2.17. The van der Waals surface area contributed by atoms with Gasteiger partial charge in [0.15, 0.2) is 5.78 Å². The van der Waals surface area contributed by atoms with Gasteiger partial charge in [0.1, 0.15) is 23.9 Å². The molecular weight excluding hydrogens is 333 g/mol. The van der Waals surface area contributed by atoms with Gasteiger partial charge < -0.3 is 9.47 Å². The van der Waals surface area contributed by atoms with Gasteiger partial charge in [-0.05, 0) is 42.0 Å². The summed E-state index contributed by atoms with van der Waals surface area (Å²) in [5, 5.41) is 0. The van der Waals surface area contributed by atoms with Crippen LogP contribution in [0.5, 0.6) is 11.5 Å². The van der Waals surface area contributed by atoms with Crippen molar-refractivity contribution in [1.82, 2.24) is 4.98 Å². The zero-order valence-electron chi connectivity index (χ0n) is 14.1. The van der Waals surface area contributed by atoms with Crippen molar-refractivity contribution in [2.75, 3.05) is 6.61 Å². The molecule has 2 heterocycles. The Morgan fingerprint density at radius 2 is 1.81 bits per heavy atom. The number of hydrogen-bond acceptors (Lipinski definition) is 4. The lowest BCUT2D eigenvalue weighted by molar-refractivity contribution is 0.0933. The molecule has 1 aliphatic heterocycles. The number of pyridine rings is 1. The lowest BCUT2D eigenvalue weighted by Crippen LogP contribution is -2.15. The number of carbonyl (C=O) groups is 1. The van der Waals surface area contributed by atoms with E-state index in [1.807, 2.05) is 12.1 Å². The SMILES string of the molecule is Fc1ccccc1.O=C1CCOc2cc(OCc3ccncc3)ccc21. The predicted octanol–water partition coefficient (Wildman–Crippen LogP) is 4.45. The van der Waals surface area contributed by atoms with E-state index < -0.39 is 0 Å². The first-order chi connectivity index (χ1) is 12.7. The number of rotatable bonds is 3. The second-order valence-corrected chi connectivity index (χ2v) is 5.62. The number of aromatic nitrogens is 1. The van der Waals surface area contributed by atoms with Crippen LogP contribution in [0.2, 0.25) is 0 Å². The molecular formula is C21H18FNO3. The molecule has 0 bridgehead atoms. The van der Waals surface area contributed by atoms with Crippen LogP contribution < -0.4 is 9.47 Å². The molecule has 0 atom stereocenters. The van der Waals surface area contributed by atoms with E-state index in [4.69, 9.17) is 9.47 Å². The average Bonchev–Trinajstić information content (AvgIpc) is 2.68. The fraction of sp³-hybridized carbons (Fsp3) is 0.143. The van der Waals surface area contributed by atoms with E-state index in [0.29, 0.717) is 36.7 Å². The second-order valence-electron chi connectivity index (χ2n) is 5.62. The maximum absolute atomic E-state index is 11.9. The van der Waals surface area contributed by atoms with Crippen molar-refractivity contribution in [1.29, 1.82) is 0 Å². The van der Waals surface area contributed by atoms with E-state index in [2.05, 4.69) is 4.98 Å². The summed E-state index contributed by atoms with van der Waals surface area (Å²) in [6.07, 6.45) is 3.91. The molecule has 5 heteroatoms. The third-order valence-corrected chi connectivity index (χ3v) is 3.73. The minimum atomic E-state index is -0.178. The first-order valence-electron chi connectivity index (χ1n) is 8.24. The summed E-state index contributed by atoms with van der Waals surface area (Å²) in [7, 11) is 0. The van der Waals surface area contributed by atoms with Crippen molar-refractivity contribution in [3.05, 3.63) is 90.0 Å². The summed E-state index contributed by atoms with van der Waals surface area (Å²) >= 11 is 0. The molecule has 132 valence electrons. The van der Waals surface area contributed by atoms with E-state index in [1.165, 1.54) is 12.1 Å². The van der Waals surface area contributed by atoms with Gasteiger partial charge in [0.25, 0.3) is 0 Å². The standard InChI is InChI=1S/C15H13NO3.C6H5F/c17-14-5-8-18-15-9-12(1-2-13(14)15)19-10-11-3-6-16-7-4-11;7-6-4-2-1-3-5-6/h1-4,6-7,9H,5,8,10H2;1-5H. The summed E-state index contributed by atoms with van der Waals surface area (Å²) in [5.74, 6) is 1.26. The van der Waals surface area contributed by atoms with Gasteiger partial charge in [-0.3, -0.25) is 9.78 Å². The molecule has 4 rings (SSSR count). The van der Waals surface area contributed by atoms with Crippen molar-refractivity contribution in [3.63, 3.8) is 0 Å². The average molecular weight is 351 g/mol. The van der Waals surface area contributed by atoms with Crippen molar-refractivity contribution < 1.29 is 18.7 Å². The zero-order valence-corrected chi connectivity index (χ0v) is 14.1. The highest BCUT2D eigenvalue weighted by Crippen LogP contribution is 2.29. The van der Waals surface area contributed by atoms with E-state index >= 15 is 0 Å². The molecule has 0 saturated heterocycles. The van der Waals surface area contributed by atoms with Crippen LogP contribution in [0.1, 0.15) is 22.3 Å². The Labute approximate surface area is 151 Å². The predicted molar refractivity (Wildman–Crippen MR) is 95.9 cm³/mol. The Bertz CT molecular complexity index is 854. The lowest BCUT2D eigenvalue weighted by atomic mass is 10.1. The molecule has 0 amide bonds. The van der Waals surface area contributed by atoms with Gasteiger partial charge in [-0.1, -0.05) is 18.2 Å². The highest BCUT2D eigenvalue weighted by molar-refractivity contribution is 5.99. The van der Waals surface area contributed by atoms with Gasteiger partial charge in [0.05, 0.1) is 12.2 Å². The Balaban J connectivity index is 0.000000236. The van der Waals surface area contributed by atoms with Crippen LogP contribution in [0.15, 0.2) is 73.1 Å². The van der Waals surface area contributed by atoms with Gasteiger partial charge in [-0.2, -0.15) is 0 Å². The highest BCUT2D eigenvalue weighted by atomic mass is 19.1. The fourth-order valence-electron chi connectivity index (χ4n) is 2.39. The van der Waals surface area contributed by atoms with Crippen LogP contribution in [0.4, 0.5) is 4.39 Å². The molecule has 0 N–H and O–H groups in total. The largest absolute Gasteiger partial charge is 0.492 e. The first kappa shape index (κ1) is 17.6. The smallest absolute Gasteiger partial charge is 0.169 e. The van der Waals surface area contributed by atoms with E-state index in [0.717, 1.165) is 5.56 Å². The van der Waals surface area contributed by atoms with E-state index in [9.17, 15) is 9.18 Å². The number of ether oxygens (including phenoxy) is 2. The molecule has 0 fully saturated rings. The van der Waals surface area contributed by atoms with Crippen molar-refractivity contribution in [3.8, 4) is 11.5 Å². The molecule has 2 aromatic carbocycles. The number of nitrogens with zero attached hydrogens (tertiary/aromatic N) is 1. The quantitative estimate of drug-likeness (QED) is 0.699. The normalized spacial score (nSPS) is 12.3. The van der Waals surface area contributed by atoms with Crippen molar-refractivity contribution >= 4 is 5.78 Å². The first-order valence-corrected chi connectivity index (χ1v) is 8.24. The van der Waals surface area contributed by atoms with Crippen LogP contribution in [0.3, 0.4) is 0 Å². The zero-order chi connectivity index (χ0) is 18.2. The summed E-state index contributed by atoms with van der Waals surface area (Å²) in [6, 6.07) is 17.1. The number of ketones is 1. The third-order valence-electron chi connectivity index (χ3n) is 3.73. The Morgan fingerprint density at radius 1 is 1.04 bits per heavy atom. The molecule has 1 aliphatic rings. The Hall–Kier alpha value is -3.21. The number of halogens is 1. The van der Waals surface area contributed by atoms with Gasteiger partial charge in [0.2, 0.25) is 0 Å². The van der Waals surface area contributed by atoms with Crippen molar-refractivity contribution in [2.24, 2.45) is 0 Å². The Morgan fingerprint density at radius 3 is 2.50 bits per heavy atom. The van der Waals surface area contributed by atoms with Gasteiger partial charge in [0, 0.05) is 24.9 Å². The molecule has 4 nitrogen and oxygen atoms in total. The van der Waals surface area contributed by atoms with Crippen molar-refractivity contribution in [2.45, 2.75) is 13.0 Å². The third kappa shape index (κ3) is 4.89. The highest BCUT2D eigenvalue weighted by Gasteiger charge is 2.18. The number of fused-ring (bicyclic) bond motifs is 1. The van der Waals surface area contributed by atoms with Gasteiger partial charge in [-0.25, -0.2) is 4.39 Å². The van der Waals surface area contributed by atoms with Crippen LogP contribution in [-0.2, 0) is 6.61 Å². The van der Waals surface area contributed by atoms with Gasteiger partial charge in [-0.15, -0.1) is 0 Å². The second kappa shape index (κ2) is 8.76. The molecule has 26 heavy (non-hydrogen) atoms. The van der Waals surface area contributed by atoms with E-state index in [-0.39, 0.29) is 11.6 Å². The summed E-state index contributed by atoms with van der Waals surface area (Å²) in [4.78, 5) is 15.6. The summed E-state index contributed by atoms with van der Waals surface area (Å²) in [5.41, 5.74) is 1.69. The van der Waals surface area contributed by atoms with E-state index in [1.54, 1.807) is 48.8 Å². The molecule has 1 aromatic heterocycles. The van der Waals surface area contributed by atoms with Crippen LogP contribution in [-0.4, -0.2) is 17.4 Å². The number of benzene rings is 2. The topological polar surface area (TPSA) is 48.4 Å². The summed E-state index contributed by atoms with van der Waals surface area (Å²) < 4.78 is 23.1.